The van der Waals surface area contributed by atoms with Gasteiger partial charge in [0, 0.05) is 29.2 Å². The summed E-state index contributed by atoms with van der Waals surface area (Å²) in [5.74, 6) is 0. The highest BCUT2D eigenvalue weighted by molar-refractivity contribution is 7.10. The van der Waals surface area contributed by atoms with Crippen molar-refractivity contribution in [3.05, 3.63) is 40.3 Å². The average Bonchev–Trinajstić information content (AvgIpc) is 3.06. The minimum atomic E-state index is 0.127. The van der Waals surface area contributed by atoms with Crippen LogP contribution in [0.2, 0.25) is 0 Å². The van der Waals surface area contributed by atoms with Gasteiger partial charge in [0.1, 0.15) is 0 Å². The Hall–Kier alpha value is -1.17. The number of thiophene rings is 1. The van der Waals surface area contributed by atoms with E-state index in [9.17, 15) is 0 Å². The van der Waals surface area contributed by atoms with Gasteiger partial charge in [-0.15, -0.1) is 11.3 Å². The number of aliphatic hydroxyl groups is 1. The van der Waals surface area contributed by atoms with E-state index in [1.165, 1.54) is 11.3 Å². The van der Waals surface area contributed by atoms with E-state index in [2.05, 4.69) is 34.9 Å². The van der Waals surface area contributed by atoms with Gasteiger partial charge in [0.2, 0.25) is 0 Å². The van der Waals surface area contributed by atoms with Crippen LogP contribution >= 0.6 is 11.3 Å². The van der Waals surface area contributed by atoms with Crippen molar-refractivity contribution in [2.24, 2.45) is 0 Å². The minimum Gasteiger partial charge on any atom is -0.394 e. The topological polar surface area (TPSA) is 50.1 Å². The lowest BCUT2D eigenvalue weighted by molar-refractivity contribution is 0.269. The summed E-state index contributed by atoms with van der Waals surface area (Å²) in [5, 5.41) is 18.8. The summed E-state index contributed by atoms with van der Waals surface area (Å²) in [7, 11) is 0. The molecule has 5 heteroatoms. The van der Waals surface area contributed by atoms with E-state index in [0.717, 1.165) is 18.5 Å². The molecule has 0 saturated carbocycles. The number of aliphatic hydroxyl groups excluding tert-OH is 1. The fourth-order valence-corrected chi connectivity index (χ4v) is 2.92. The lowest BCUT2D eigenvalue weighted by atomic mass is 10.1. The van der Waals surface area contributed by atoms with Crippen molar-refractivity contribution in [2.75, 3.05) is 6.61 Å². The summed E-state index contributed by atoms with van der Waals surface area (Å²) in [4.78, 5) is 1.39. The van der Waals surface area contributed by atoms with Crippen molar-refractivity contribution >= 4 is 11.3 Å². The molecule has 0 spiro atoms. The molecule has 2 aromatic heterocycles. The van der Waals surface area contributed by atoms with Gasteiger partial charge >= 0.3 is 0 Å². The molecule has 0 bridgehead atoms. The largest absolute Gasteiger partial charge is 0.394 e. The Morgan fingerprint density at radius 2 is 2.42 bits per heavy atom. The Labute approximate surface area is 118 Å². The van der Waals surface area contributed by atoms with E-state index in [1.54, 1.807) is 16.0 Å². The molecule has 2 heterocycles. The molecule has 19 heavy (non-hydrogen) atoms. The fourth-order valence-electron chi connectivity index (χ4n) is 2.09. The maximum Gasteiger partial charge on any atom is 0.0640 e. The number of aromatic nitrogens is 2. The van der Waals surface area contributed by atoms with E-state index in [0.29, 0.717) is 12.6 Å². The molecule has 2 aromatic rings. The molecule has 1 atom stereocenters. The first-order chi connectivity index (χ1) is 9.33. The van der Waals surface area contributed by atoms with Crippen LogP contribution in [0.1, 0.15) is 36.2 Å². The first-order valence-electron chi connectivity index (χ1n) is 6.72. The zero-order chi connectivity index (χ0) is 13.5. The van der Waals surface area contributed by atoms with Crippen LogP contribution in [0.4, 0.5) is 0 Å². The third-order valence-electron chi connectivity index (χ3n) is 3.03. The molecule has 0 amide bonds. The van der Waals surface area contributed by atoms with Gasteiger partial charge in [-0.05, 0) is 17.9 Å². The third kappa shape index (κ3) is 4.16. The van der Waals surface area contributed by atoms with Crippen LogP contribution in [0.25, 0.3) is 0 Å². The van der Waals surface area contributed by atoms with Crippen LogP contribution in [0.15, 0.2) is 29.9 Å². The Morgan fingerprint density at radius 3 is 3.11 bits per heavy atom. The number of rotatable bonds is 8. The fraction of sp³-hybridized carbons (Fsp3) is 0.500. The Morgan fingerprint density at radius 1 is 1.53 bits per heavy atom. The van der Waals surface area contributed by atoms with Crippen LogP contribution in [-0.4, -0.2) is 21.5 Å². The summed E-state index contributed by atoms with van der Waals surface area (Å²) in [6.45, 7) is 3.71. The first kappa shape index (κ1) is 14.2. The lowest BCUT2D eigenvalue weighted by Crippen LogP contribution is -2.19. The minimum absolute atomic E-state index is 0.127. The molecule has 0 radical (unpaired) electrons. The van der Waals surface area contributed by atoms with E-state index < -0.39 is 0 Å². The van der Waals surface area contributed by atoms with Crippen molar-refractivity contribution in [3.8, 4) is 0 Å². The molecular formula is C14H21N3OS. The average molecular weight is 279 g/mol. The normalized spacial score (nSPS) is 12.7. The Bertz CT molecular complexity index is 467. The summed E-state index contributed by atoms with van der Waals surface area (Å²) in [6, 6.07) is 4.71. The SMILES string of the molecule is CCCC(NCc1cnn(CCO)c1)c1cccs1. The van der Waals surface area contributed by atoms with Crippen molar-refractivity contribution in [1.29, 1.82) is 0 Å². The van der Waals surface area contributed by atoms with E-state index in [4.69, 9.17) is 5.11 Å². The van der Waals surface area contributed by atoms with Crippen LogP contribution < -0.4 is 5.32 Å². The standard InChI is InChI=1S/C14H21N3OS/c1-2-4-13(14-5-3-8-19-14)15-9-12-10-16-17(11-12)6-7-18/h3,5,8,10-11,13,15,18H,2,4,6-7,9H2,1H3. The van der Waals surface area contributed by atoms with Gasteiger partial charge in [-0.3, -0.25) is 4.68 Å². The Balaban J connectivity index is 1.90. The molecular weight excluding hydrogens is 258 g/mol. The molecule has 0 aliphatic heterocycles. The smallest absolute Gasteiger partial charge is 0.0640 e. The number of nitrogens with one attached hydrogen (secondary N) is 1. The highest BCUT2D eigenvalue weighted by atomic mass is 32.1. The van der Waals surface area contributed by atoms with E-state index in [1.807, 2.05) is 12.4 Å². The van der Waals surface area contributed by atoms with Gasteiger partial charge in [0.15, 0.2) is 0 Å². The zero-order valence-corrected chi connectivity index (χ0v) is 12.1. The molecule has 104 valence electrons. The second kappa shape index (κ2) is 7.43. The van der Waals surface area contributed by atoms with Gasteiger partial charge in [-0.25, -0.2) is 0 Å². The Kier molecular flexibility index (Phi) is 5.57. The van der Waals surface area contributed by atoms with Crippen molar-refractivity contribution < 1.29 is 5.11 Å². The van der Waals surface area contributed by atoms with Crippen LogP contribution in [0.3, 0.4) is 0 Å². The highest BCUT2D eigenvalue weighted by Gasteiger charge is 2.11. The van der Waals surface area contributed by atoms with Gasteiger partial charge in [0.25, 0.3) is 0 Å². The zero-order valence-electron chi connectivity index (χ0n) is 11.2. The van der Waals surface area contributed by atoms with Gasteiger partial charge in [-0.2, -0.15) is 5.10 Å². The third-order valence-corrected chi connectivity index (χ3v) is 4.02. The molecule has 0 aromatic carbocycles. The second-order valence-electron chi connectivity index (χ2n) is 4.57. The van der Waals surface area contributed by atoms with Crippen LogP contribution in [-0.2, 0) is 13.1 Å². The quantitative estimate of drug-likeness (QED) is 0.781. The predicted octanol–water partition coefficient (Wildman–Crippen LogP) is 2.57. The van der Waals surface area contributed by atoms with Gasteiger partial charge in [-0.1, -0.05) is 19.4 Å². The maximum atomic E-state index is 8.87. The number of hydrogen-bond acceptors (Lipinski definition) is 4. The molecule has 2 N–H and O–H groups in total. The molecule has 4 nitrogen and oxygen atoms in total. The molecule has 0 aliphatic carbocycles. The summed E-state index contributed by atoms with van der Waals surface area (Å²) in [5.41, 5.74) is 1.16. The predicted molar refractivity (Wildman–Crippen MR) is 78.1 cm³/mol. The lowest BCUT2D eigenvalue weighted by Gasteiger charge is -2.16. The molecule has 0 saturated heterocycles. The second-order valence-corrected chi connectivity index (χ2v) is 5.55. The van der Waals surface area contributed by atoms with Crippen LogP contribution in [0.5, 0.6) is 0 Å². The van der Waals surface area contributed by atoms with Gasteiger partial charge in [0.05, 0.1) is 19.3 Å². The van der Waals surface area contributed by atoms with Crippen molar-refractivity contribution in [2.45, 2.75) is 38.9 Å². The first-order valence-corrected chi connectivity index (χ1v) is 7.60. The van der Waals surface area contributed by atoms with Crippen molar-refractivity contribution in [3.63, 3.8) is 0 Å². The number of hydrogen-bond donors (Lipinski definition) is 2. The summed E-state index contributed by atoms with van der Waals surface area (Å²) < 4.78 is 1.77. The van der Waals surface area contributed by atoms with E-state index in [-0.39, 0.29) is 6.61 Å². The van der Waals surface area contributed by atoms with Crippen LogP contribution in [0, 0.1) is 0 Å². The van der Waals surface area contributed by atoms with Crippen molar-refractivity contribution in [1.82, 2.24) is 15.1 Å². The molecule has 0 fully saturated rings. The summed E-state index contributed by atoms with van der Waals surface area (Å²) in [6.07, 6.45) is 6.16. The monoisotopic (exact) mass is 279 g/mol. The molecule has 0 aliphatic rings. The number of nitrogens with zero attached hydrogens (tertiary/aromatic N) is 2. The molecule has 2 rings (SSSR count). The summed E-state index contributed by atoms with van der Waals surface area (Å²) >= 11 is 1.80. The molecule has 1 unspecified atom stereocenters. The van der Waals surface area contributed by atoms with Gasteiger partial charge < -0.3 is 10.4 Å². The van der Waals surface area contributed by atoms with E-state index >= 15 is 0 Å². The highest BCUT2D eigenvalue weighted by Crippen LogP contribution is 2.23. The maximum absolute atomic E-state index is 8.87.